The number of hydrogen-bond acceptors (Lipinski definition) is 2. The number of unbranched alkanes of at least 4 members (excludes halogenated alkanes) is 2. The van der Waals surface area contributed by atoms with Crippen LogP contribution < -0.4 is 4.74 Å². The number of fused-ring (bicyclic) bond motifs is 3. The molecule has 2 nitrogen and oxygen atoms in total. The first-order chi connectivity index (χ1) is 11.9. The molecule has 1 aliphatic carbocycles. The third-order valence-electron chi connectivity index (χ3n) is 5.60. The average molecular weight is 338 g/mol. The fraction of sp³-hybridized carbons (Fsp3) is 0.565. The standard InChI is InChI=1S/C23H30O2/c1-5-6-7-8-9-10-17-14-20(24)22-18-13-16(2)11-12-19(18)23(3,4)25-21(22)15-17/h13-15,18-19,24H,5-7,10-12H2,1-4H3/t18-,19-/m1/s1. The van der Waals surface area contributed by atoms with Gasteiger partial charge in [0.1, 0.15) is 17.1 Å². The van der Waals surface area contributed by atoms with Gasteiger partial charge < -0.3 is 9.84 Å². The lowest BCUT2D eigenvalue weighted by atomic mass is 9.68. The van der Waals surface area contributed by atoms with Gasteiger partial charge in [0.25, 0.3) is 0 Å². The number of hydrogen-bond donors (Lipinski definition) is 1. The fourth-order valence-corrected chi connectivity index (χ4v) is 4.20. The molecular weight excluding hydrogens is 308 g/mol. The van der Waals surface area contributed by atoms with Gasteiger partial charge >= 0.3 is 0 Å². The number of rotatable bonds is 3. The van der Waals surface area contributed by atoms with Crippen LogP contribution in [0.2, 0.25) is 0 Å². The first-order valence-corrected chi connectivity index (χ1v) is 9.60. The second kappa shape index (κ2) is 7.16. The lowest BCUT2D eigenvalue weighted by molar-refractivity contribution is 0.0107. The summed E-state index contributed by atoms with van der Waals surface area (Å²) in [6, 6.07) is 3.96. The van der Waals surface area contributed by atoms with Gasteiger partial charge in [0.15, 0.2) is 0 Å². The molecule has 1 heterocycles. The van der Waals surface area contributed by atoms with Crippen molar-refractivity contribution in [3.63, 3.8) is 0 Å². The molecule has 0 aromatic heterocycles. The van der Waals surface area contributed by atoms with Gasteiger partial charge in [-0.25, -0.2) is 0 Å². The molecule has 0 fully saturated rings. The Morgan fingerprint density at radius 1 is 1.28 bits per heavy atom. The predicted octanol–water partition coefficient (Wildman–Crippen LogP) is 5.74. The maximum absolute atomic E-state index is 10.7. The Labute approximate surface area is 152 Å². The zero-order chi connectivity index (χ0) is 18.0. The lowest BCUT2D eigenvalue weighted by Crippen LogP contribution is -2.45. The topological polar surface area (TPSA) is 29.5 Å². The molecular formula is C23H30O2. The molecule has 0 saturated carbocycles. The van der Waals surface area contributed by atoms with Crippen molar-refractivity contribution >= 4 is 0 Å². The Hall–Kier alpha value is -1.88. The van der Waals surface area contributed by atoms with Gasteiger partial charge in [0.2, 0.25) is 0 Å². The summed E-state index contributed by atoms with van der Waals surface area (Å²) in [5.41, 5.74) is 3.19. The van der Waals surface area contributed by atoms with E-state index in [2.05, 4.69) is 51.7 Å². The van der Waals surface area contributed by atoms with Gasteiger partial charge in [-0.3, -0.25) is 0 Å². The van der Waals surface area contributed by atoms with Crippen LogP contribution in [0, 0.1) is 17.8 Å². The average Bonchev–Trinajstić information content (AvgIpc) is 2.53. The smallest absolute Gasteiger partial charge is 0.127 e. The Bertz CT molecular complexity index is 730. The van der Waals surface area contributed by atoms with Gasteiger partial charge in [0, 0.05) is 30.2 Å². The molecule has 2 atom stereocenters. The Morgan fingerprint density at radius 3 is 2.84 bits per heavy atom. The minimum absolute atomic E-state index is 0.216. The molecule has 2 aliphatic rings. The zero-order valence-electron chi connectivity index (χ0n) is 16.0. The van der Waals surface area contributed by atoms with Gasteiger partial charge in [-0.1, -0.05) is 30.9 Å². The minimum atomic E-state index is -0.216. The lowest BCUT2D eigenvalue weighted by Gasteiger charge is -2.46. The summed E-state index contributed by atoms with van der Waals surface area (Å²) < 4.78 is 6.35. The third kappa shape index (κ3) is 3.71. The van der Waals surface area contributed by atoms with E-state index in [-0.39, 0.29) is 11.5 Å². The first kappa shape index (κ1) is 17.9. The van der Waals surface area contributed by atoms with Crippen molar-refractivity contribution < 1.29 is 9.84 Å². The van der Waals surface area contributed by atoms with Crippen molar-refractivity contribution in [2.75, 3.05) is 0 Å². The number of benzene rings is 1. The van der Waals surface area contributed by atoms with E-state index in [0.29, 0.717) is 18.1 Å². The van der Waals surface area contributed by atoms with Crippen molar-refractivity contribution in [1.82, 2.24) is 0 Å². The van der Waals surface area contributed by atoms with Crippen molar-refractivity contribution in [3.05, 3.63) is 34.9 Å². The molecule has 1 aliphatic heterocycles. The molecule has 0 amide bonds. The van der Waals surface area contributed by atoms with Crippen LogP contribution in [-0.4, -0.2) is 10.7 Å². The number of allylic oxidation sites excluding steroid dienone is 2. The van der Waals surface area contributed by atoms with E-state index in [1.165, 1.54) is 12.0 Å². The van der Waals surface area contributed by atoms with Gasteiger partial charge in [-0.2, -0.15) is 0 Å². The largest absolute Gasteiger partial charge is 0.507 e. The molecule has 25 heavy (non-hydrogen) atoms. The molecule has 134 valence electrons. The van der Waals surface area contributed by atoms with Crippen molar-refractivity contribution in [3.8, 4) is 23.3 Å². The summed E-state index contributed by atoms with van der Waals surface area (Å²) in [6.45, 7) is 8.72. The molecule has 0 unspecified atom stereocenters. The second-order valence-corrected chi connectivity index (χ2v) is 8.05. The number of ether oxygens (including phenoxy) is 1. The highest BCUT2D eigenvalue weighted by Crippen LogP contribution is 2.53. The van der Waals surface area contributed by atoms with E-state index in [9.17, 15) is 5.11 Å². The molecule has 0 radical (unpaired) electrons. The van der Waals surface area contributed by atoms with E-state index in [0.717, 1.165) is 42.6 Å². The molecule has 1 aromatic rings. The number of phenols is 1. The molecule has 1 aromatic carbocycles. The van der Waals surface area contributed by atoms with Crippen LogP contribution in [0.1, 0.15) is 76.8 Å². The summed E-state index contributed by atoms with van der Waals surface area (Å²) in [5, 5.41) is 10.7. The molecule has 0 bridgehead atoms. The van der Waals surface area contributed by atoms with E-state index in [1.807, 2.05) is 6.07 Å². The van der Waals surface area contributed by atoms with Gasteiger partial charge in [-0.05, 0) is 57.7 Å². The molecule has 2 heteroatoms. The van der Waals surface area contributed by atoms with Crippen molar-refractivity contribution in [1.29, 1.82) is 0 Å². The summed E-state index contributed by atoms with van der Waals surface area (Å²) in [7, 11) is 0. The highest BCUT2D eigenvalue weighted by Gasteiger charge is 2.45. The maximum Gasteiger partial charge on any atom is 0.127 e. The Kier molecular flexibility index (Phi) is 5.13. The SMILES string of the molecule is CCCCC#CCc1cc(O)c2c(c1)OC(C)(C)[C@@H]1CCC(C)=C[C@@H]21. The molecule has 1 N–H and O–H groups in total. The normalized spacial score (nSPS) is 23.4. The van der Waals surface area contributed by atoms with Crippen LogP contribution in [0.4, 0.5) is 0 Å². The predicted molar refractivity (Wildman–Crippen MR) is 103 cm³/mol. The highest BCUT2D eigenvalue weighted by atomic mass is 16.5. The molecule has 3 rings (SSSR count). The quantitative estimate of drug-likeness (QED) is 0.433. The molecule has 0 saturated heterocycles. The van der Waals surface area contributed by atoms with Crippen molar-refractivity contribution in [2.45, 2.75) is 77.7 Å². The second-order valence-electron chi connectivity index (χ2n) is 8.05. The fourth-order valence-electron chi connectivity index (χ4n) is 4.20. The Morgan fingerprint density at radius 2 is 2.08 bits per heavy atom. The van der Waals surface area contributed by atoms with Crippen LogP contribution in [0.15, 0.2) is 23.8 Å². The van der Waals surface area contributed by atoms with Crippen LogP contribution in [0.5, 0.6) is 11.5 Å². The maximum atomic E-state index is 10.7. The number of aromatic hydroxyl groups is 1. The van der Waals surface area contributed by atoms with Crippen molar-refractivity contribution in [2.24, 2.45) is 5.92 Å². The minimum Gasteiger partial charge on any atom is -0.507 e. The van der Waals surface area contributed by atoms with Crippen LogP contribution in [-0.2, 0) is 6.42 Å². The summed E-state index contributed by atoms with van der Waals surface area (Å²) in [5.74, 6) is 8.30. The van der Waals surface area contributed by atoms with Gasteiger partial charge in [0.05, 0.1) is 0 Å². The van der Waals surface area contributed by atoms with E-state index < -0.39 is 0 Å². The third-order valence-corrected chi connectivity index (χ3v) is 5.60. The van der Waals surface area contributed by atoms with Crippen LogP contribution >= 0.6 is 0 Å². The Balaban J connectivity index is 1.92. The monoisotopic (exact) mass is 338 g/mol. The number of phenolic OH excluding ortho intramolecular Hbond substituents is 1. The summed E-state index contributed by atoms with van der Waals surface area (Å²) in [6.07, 6.45) is 8.50. The van der Waals surface area contributed by atoms with Gasteiger partial charge in [-0.15, -0.1) is 5.92 Å². The summed E-state index contributed by atoms with van der Waals surface area (Å²) >= 11 is 0. The first-order valence-electron chi connectivity index (χ1n) is 9.60. The highest BCUT2D eigenvalue weighted by molar-refractivity contribution is 5.54. The molecule has 0 spiro atoms. The van der Waals surface area contributed by atoms with Crippen LogP contribution in [0.3, 0.4) is 0 Å². The van der Waals surface area contributed by atoms with E-state index in [1.54, 1.807) is 0 Å². The van der Waals surface area contributed by atoms with Crippen LogP contribution in [0.25, 0.3) is 0 Å². The van der Waals surface area contributed by atoms with E-state index >= 15 is 0 Å². The zero-order valence-corrected chi connectivity index (χ0v) is 16.0. The summed E-state index contributed by atoms with van der Waals surface area (Å²) in [4.78, 5) is 0. The van der Waals surface area contributed by atoms with E-state index in [4.69, 9.17) is 4.74 Å².